The smallest absolute Gasteiger partial charge is 0.295 e. The highest BCUT2D eigenvalue weighted by atomic mass is 28.3. The highest BCUT2D eigenvalue weighted by molar-refractivity contribution is 6.76. The van der Waals surface area contributed by atoms with Crippen molar-refractivity contribution in [2.24, 2.45) is 0 Å². The molecule has 0 atom stereocenters. The van der Waals surface area contributed by atoms with Gasteiger partial charge < -0.3 is 15.2 Å². The van der Waals surface area contributed by atoms with Crippen molar-refractivity contribution in [3.63, 3.8) is 0 Å². The quantitative estimate of drug-likeness (QED) is 0.248. The zero-order chi connectivity index (χ0) is 22.2. The summed E-state index contributed by atoms with van der Waals surface area (Å²) in [5.41, 5.74) is 0.686. The Hall–Kier alpha value is -1.18. The van der Waals surface area contributed by atoms with E-state index < -0.39 is 8.07 Å². The maximum Gasteiger partial charge on any atom is 0.295 e. The third-order valence-electron chi connectivity index (χ3n) is 5.16. The van der Waals surface area contributed by atoms with E-state index in [2.05, 4.69) is 36.9 Å². The second kappa shape index (κ2) is 15.6. The van der Waals surface area contributed by atoms with Crippen LogP contribution < -0.4 is 10.9 Å². The Bertz CT molecular complexity index is 629. The highest BCUT2D eigenvalue weighted by Gasteiger charge is 2.13. The molecule has 0 bridgehead atoms. The number of nitrogens with zero attached hydrogens (tertiary/aromatic N) is 2. The fraction of sp³-hybridized carbons (Fsp3) is 0.826. The van der Waals surface area contributed by atoms with Crippen LogP contribution in [0.25, 0.3) is 0 Å². The van der Waals surface area contributed by atoms with E-state index in [1.165, 1.54) is 44.9 Å². The SMILES string of the molecule is CCCCCCCCCCNc1nc(CCCO)cn(COCC[Si](C)(C)C)c1=O. The summed E-state index contributed by atoms with van der Waals surface area (Å²) < 4.78 is 7.39. The number of aliphatic hydroxyl groups is 1. The van der Waals surface area contributed by atoms with Gasteiger partial charge in [-0.3, -0.25) is 9.36 Å². The van der Waals surface area contributed by atoms with Crippen molar-refractivity contribution in [1.29, 1.82) is 0 Å². The summed E-state index contributed by atoms with van der Waals surface area (Å²) in [4.78, 5) is 17.3. The maximum absolute atomic E-state index is 12.8. The summed E-state index contributed by atoms with van der Waals surface area (Å²) >= 11 is 0. The first-order valence-electron chi connectivity index (χ1n) is 11.9. The van der Waals surface area contributed by atoms with Crippen LogP contribution in [0, 0.1) is 0 Å². The summed E-state index contributed by atoms with van der Waals surface area (Å²) in [6, 6.07) is 1.08. The molecule has 30 heavy (non-hydrogen) atoms. The van der Waals surface area contributed by atoms with Crippen LogP contribution in [0.5, 0.6) is 0 Å². The number of aliphatic hydroxyl groups excluding tert-OH is 1. The average molecular weight is 440 g/mol. The average Bonchev–Trinajstić information content (AvgIpc) is 2.70. The van der Waals surface area contributed by atoms with Crippen molar-refractivity contribution in [3.05, 3.63) is 22.2 Å². The van der Waals surface area contributed by atoms with Gasteiger partial charge in [0.05, 0.1) is 5.69 Å². The van der Waals surface area contributed by atoms with Crippen LogP contribution >= 0.6 is 0 Å². The highest BCUT2D eigenvalue weighted by Crippen LogP contribution is 2.10. The van der Waals surface area contributed by atoms with Gasteiger partial charge in [0.2, 0.25) is 0 Å². The number of ether oxygens (including phenoxy) is 1. The number of hydrogen-bond acceptors (Lipinski definition) is 5. The predicted octanol–water partition coefficient (Wildman–Crippen LogP) is 5.03. The fourth-order valence-electron chi connectivity index (χ4n) is 3.19. The zero-order valence-corrected chi connectivity index (χ0v) is 20.8. The normalized spacial score (nSPS) is 11.8. The van der Waals surface area contributed by atoms with E-state index in [4.69, 9.17) is 9.84 Å². The predicted molar refractivity (Wildman–Crippen MR) is 129 cm³/mol. The van der Waals surface area contributed by atoms with Gasteiger partial charge in [-0.05, 0) is 25.3 Å². The molecular weight excluding hydrogens is 394 g/mol. The first-order valence-corrected chi connectivity index (χ1v) is 15.6. The van der Waals surface area contributed by atoms with Crippen LogP contribution in [0.15, 0.2) is 11.0 Å². The fourth-order valence-corrected chi connectivity index (χ4v) is 3.95. The van der Waals surface area contributed by atoms with Crippen LogP contribution in [-0.2, 0) is 17.9 Å². The van der Waals surface area contributed by atoms with Gasteiger partial charge in [-0.1, -0.05) is 71.5 Å². The largest absolute Gasteiger partial charge is 0.396 e. The van der Waals surface area contributed by atoms with E-state index in [1.54, 1.807) is 10.8 Å². The van der Waals surface area contributed by atoms with Crippen LogP contribution in [0.3, 0.4) is 0 Å². The minimum absolute atomic E-state index is 0.120. The van der Waals surface area contributed by atoms with E-state index in [1.807, 2.05) is 0 Å². The Morgan fingerprint density at radius 1 is 1.07 bits per heavy atom. The minimum atomic E-state index is -1.15. The minimum Gasteiger partial charge on any atom is -0.396 e. The van der Waals surface area contributed by atoms with Crippen LogP contribution in [0.4, 0.5) is 5.82 Å². The Labute approximate surface area is 184 Å². The molecule has 1 rings (SSSR count). The van der Waals surface area contributed by atoms with Gasteiger partial charge in [-0.15, -0.1) is 0 Å². The topological polar surface area (TPSA) is 76.4 Å². The summed E-state index contributed by atoms with van der Waals surface area (Å²) in [5, 5.41) is 12.4. The number of anilines is 1. The first-order chi connectivity index (χ1) is 14.4. The number of nitrogens with one attached hydrogen (secondary N) is 1. The van der Waals surface area contributed by atoms with Gasteiger partial charge in [0.1, 0.15) is 6.73 Å². The maximum atomic E-state index is 12.8. The molecule has 6 nitrogen and oxygen atoms in total. The van der Waals surface area contributed by atoms with Crippen LogP contribution in [0.1, 0.15) is 70.4 Å². The number of hydrogen-bond donors (Lipinski definition) is 2. The van der Waals surface area contributed by atoms with Crippen LogP contribution in [0.2, 0.25) is 25.7 Å². The Morgan fingerprint density at radius 2 is 1.73 bits per heavy atom. The van der Waals surface area contributed by atoms with Crippen molar-refractivity contribution in [2.75, 3.05) is 25.1 Å². The molecule has 0 amide bonds. The van der Waals surface area contributed by atoms with Crippen molar-refractivity contribution in [2.45, 2.75) is 104 Å². The molecular formula is C23H45N3O3Si. The number of aromatic nitrogens is 2. The van der Waals surface area contributed by atoms with Crippen molar-refractivity contribution >= 4 is 13.9 Å². The summed E-state index contributed by atoms with van der Waals surface area (Å²) in [7, 11) is -1.15. The van der Waals surface area contributed by atoms with Crippen molar-refractivity contribution in [3.8, 4) is 0 Å². The second-order valence-corrected chi connectivity index (χ2v) is 15.1. The van der Waals surface area contributed by atoms with E-state index in [0.29, 0.717) is 25.3 Å². The molecule has 2 N–H and O–H groups in total. The van der Waals surface area contributed by atoms with Gasteiger partial charge in [0.25, 0.3) is 5.56 Å². The lowest BCUT2D eigenvalue weighted by molar-refractivity contribution is 0.0845. The number of rotatable bonds is 18. The van der Waals surface area contributed by atoms with E-state index in [0.717, 1.165) is 24.7 Å². The van der Waals surface area contributed by atoms with Crippen molar-refractivity contribution in [1.82, 2.24) is 9.55 Å². The molecule has 1 aromatic rings. The molecule has 1 heterocycles. The first kappa shape index (κ1) is 26.9. The monoisotopic (exact) mass is 439 g/mol. The van der Waals surface area contributed by atoms with Gasteiger partial charge in [0, 0.05) is 34.0 Å². The second-order valence-electron chi connectivity index (χ2n) is 9.43. The third-order valence-corrected chi connectivity index (χ3v) is 6.87. The molecule has 0 spiro atoms. The molecule has 0 fully saturated rings. The molecule has 1 aromatic heterocycles. The van der Waals surface area contributed by atoms with Gasteiger partial charge in [-0.2, -0.15) is 0 Å². The molecule has 0 saturated carbocycles. The molecule has 0 aliphatic rings. The molecule has 0 unspecified atom stereocenters. The zero-order valence-electron chi connectivity index (χ0n) is 19.8. The molecule has 0 aliphatic carbocycles. The number of unbranched alkanes of at least 4 members (excludes halogenated alkanes) is 7. The molecule has 0 aliphatic heterocycles. The molecule has 0 aromatic carbocycles. The summed E-state index contributed by atoms with van der Waals surface area (Å²) in [6.45, 7) is 11.0. The molecule has 174 valence electrons. The Kier molecular flexibility index (Phi) is 14.0. The number of aryl methyl sites for hydroxylation is 1. The van der Waals surface area contributed by atoms with Crippen molar-refractivity contribution < 1.29 is 9.84 Å². The standard InChI is InChI=1S/C23H45N3O3Si/c1-5-6-7-8-9-10-11-12-15-24-22-23(28)26(19-21(25-22)14-13-16-27)20-29-17-18-30(2,3)4/h19,27H,5-18,20H2,1-4H3,(H,24,25). The lowest BCUT2D eigenvalue weighted by Crippen LogP contribution is -2.28. The van der Waals surface area contributed by atoms with E-state index in [-0.39, 0.29) is 18.9 Å². The van der Waals surface area contributed by atoms with Gasteiger partial charge >= 0.3 is 0 Å². The third kappa shape index (κ3) is 12.5. The summed E-state index contributed by atoms with van der Waals surface area (Å²) in [6.07, 6.45) is 13.1. The van der Waals surface area contributed by atoms with Gasteiger partial charge in [-0.25, -0.2) is 4.98 Å². The Morgan fingerprint density at radius 3 is 2.37 bits per heavy atom. The van der Waals surface area contributed by atoms with Gasteiger partial charge in [0.15, 0.2) is 5.82 Å². The lowest BCUT2D eigenvalue weighted by atomic mass is 10.1. The molecule has 0 radical (unpaired) electrons. The lowest BCUT2D eigenvalue weighted by Gasteiger charge is -2.16. The molecule has 0 saturated heterocycles. The van der Waals surface area contributed by atoms with E-state index >= 15 is 0 Å². The molecule has 7 heteroatoms. The Balaban J connectivity index is 2.54. The van der Waals surface area contributed by atoms with E-state index in [9.17, 15) is 4.79 Å². The summed E-state index contributed by atoms with van der Waals surface area (Å²) in [5.74, 6) is 0.405. The van der Waals surface area contributed by atoms with Crippen LogP contribution in [-0.4, -0.2) is 42.5 Å².